The van der Waals surface area contributed by atoms with E-state index in [9.17, 15) is 4.79 Å². The summed E-state index contributed by atoms with van der Waals surface area (Å²) in [5.41, 5.74) is 1.49. The second kappa shape index (κ2) is 7.14. The van der Waals surface area contributed by atoms with Crippen LogP contribution >= 0.6 is 0 Å². The summed E-state index contributed by atoms with van der Waals surface area (Å²) in [6.45, 7) is 15.1. The summed E-state index contributed by atoms with van der Waals surface area (Å²) in [6.07, 6.45) is 1.63. The average Bonchev–Trinajstić information content (AvgIpc) is 2.69. The second-order valence-electron chi connectivity index (χ2n) is 4.51. The van der Waals surface area contributed by atoms with Crippen molar-refractivity contribution >= 4 is 12.0 Å². The summed E-state index contributed by atoms with van der Waals surface area (Å²) in [7, 11) is 0. The monoisotopic (exact) mass is 264 g/mol. The maximum absolute atomic E-state index is 12.1. The van der Waals surface area contributed by atoms with Crippen LogP contribution in [0.2, 0.25) is 0 Å². The Kier molecular flexibility index (Phi) is 5.83. The SMILES string of the molecule is C=Cc1oc(C)c(C(=O)NCCN(CC)CC)c1C. The van der Waals surface area contributed by atoms with Crippen molar-refractivity contribution in [2.45, 2.75) is 27.7 Å². The van der Waals surface area contributed by atoms with Crippen molar-refractivity contribution < 1.29 is 9.21 Å². The minimum Gasteiger partial charge on any atom is -0.461 e. The molecule has 0 saturated carbocycles. The van der Waals surface area contributed by atoms with Crippen LogP contribution in [0.25, 0.3) is 6.08 Å². The lowest BCUT2D eigenvalue weighted by molar-refractivity contribution is 0.0947. The molecule has 4 heteroatoms. The lowest BCUT2D eigenvalue weighted by Gasteiger charge is -2.17. The number of nitrogens with one attached hydrogen (secondary N) is 1. The molecule has 1 aromatic heterocycles. The molecule has 0 unspecified atom stereocenters. The summed E-state index contributed by atoms with van der Waals surface area (Å²) in [4.78, 5) is 14.4. The van der Waals surface area contributed by atoms with Crippen molar-refractivity contribution in [3.63, 3.8) is 0 Å². The van der Waals surface area contributed by atoms with E-state index in [1.807, 2.05) is 6.92 Å². The van der Waals surface area contributed by atoms with Gasteiger partial charge in [-0.25, -0.2) is 0 Å². The number of hydrogen-bond donors (Lipinski definition) is 1. The third-order valence-corrected chi connectivity index (χ3v) is 3.38. The first-order valence-electron chi connectivity index (χ1n) is 6.78. The topological polar surface area (TPSA) is 45.5 Å². The Labute approximate surface area is 115 Å². The zero-order valence-corrected chi connectivity index (χ0v) is 12.4. The van der Waals surface area contributed by atoms with Gasteiger partial charge in [-0.05, 0) is 33.0 Å². The maximum Gasteiger partial charge on any atom is 0.255 e. The molecule has 1 N–H and O–H groups in total. The Morgan fingerprint density at radius 1 is 1.37 bits per heavy atom. The smallest absolute Gasteiger partial charge is 0.255 e. The standard InChI is InChI=1S/C15H24N2O2/c1-6-13-11(4)14(12(5)19-13)15(18)16-9-10-17(7-2)8-3/h6H,1,7-10H2,2-5H3,(H,16,18). The number of aryl methyl sites for hydroxylation is 1. The van der Waals surface area contributed by atoms with Gasteiger partial charge in [-0.15, -0.1) is 0 Å². The van der Waals surface area contributed by atoms with Gasteiger partial charge in [0.25, 0.3) is 5.91 Å². The van der Waals surface area contributed by atoms with Gasteiger partial charge in [0.15, 0.2) is 0 Å². The Hall–Kier alpha value is -1.55. The van der Waals surface area contributed by atoms with Gasteiger partial charge in [0.05, 0.1) is 5.56 Å². The van der Waals surface area contributed by atoms with Crippen LogP contribution in [0.4, 0.5) is 0 Å². The molecule has 0 radical (unpaired) electrons. The zero-order valence-electron chi connectivity index (χ0n) is 12.4. The Balaban J connectivity index is 2.64. The van der Waals surface area contributed by atoms with Gasteiger partial charge in [-0.3, -0.25) is 4.79 Å². The van der Waals surface area contributed by atoms with E-state index in [1.54, 1.807) is 13.0 Å². The van der Waals surface area contributed by atoms with E-state index in [0.29, 0.717) is 23.6 Å². The molecule has 1 heterocycles. The molecule has 0 aromatic carbocycles. The van der Waals surface area contributed by atoms with E-state index in [4.69, 9.17) is 4.42 Å². The summed E-state index contributed by atoms with van der Waals surface area (Å²) in [6, 6.07) is 0. The fraction of sp³-hybridized carbons (Fsp3) is 0.533. The van der Waals surface area contributed by atoms with Crippen molar-refractivity contribution in [3.8, 4) is 0 Å². The predicted molar refractivity (Wildman–Crippen MR) is 78.4 cm³/mol. The predicted octanol–water partition coefficient (Wildman–Crippen LogP) is 2.61. The molecular weight excluding hydrogens is 240 g/mol. The molecule has 0 fully saturated rings. The average molecular weight is 264 g/mol. The first-order valence-corrected chi connectivity index (χ1v) is 6.78. The number of likely N-dealkylation sites (N-methyl/N-ethyl adjacent to an activating group) is 1. The molecule has 0 saturated heterocycles. The van der Waals surface area contributed by atoms with Crippen LogP contribution in [0.5, 0.6) is 0 Å². The number of amides is 1. The van der Waals surface area contributed by atoms with Gasteiger partial charge in [0, 0.05) is 18.7 Å². The lowest BCUT2D eigenvalue weighted by Crippen LogP contribution is -2.35. The van der Waals surface area contributed by atoms with Crippen molar-refractivity contribution in [1.29, 1.82) is 0 Å². The number of carbonyl (C=O) groups excluding carboxylic acids is 1. The van der Waals surface area contributed by atoms with Crippen LogP contribution in [-0.4, -0.2) is 37.0 Å². The molecule has 0 aliphatic rings. The third kappa shape index (κ3) is 3.70. The molecule has 0 atom stereocenters. The number of carbonyl (C=O) groups is 1. The van der Waals surface area contributed by atoms with Crippen LogP contribution in [0, 0.1) is 13.8 Å². The van der Waals surface area contributed by atoms with Crippen molar-refractivity contribution in [2.24, 2.45) is 0 Å². The summed E-state index contributed by atoms with van der Waals surface area (Å²) in [5, 5.41) is 2.94. The van der Waals surface area contributed by atoms with Crippen LogP contribution in [-0.2, 0) is 0 Å². The van der Waals surface area contributed by atoms with Gasteiger partial charge in [-0.1, -0.05) is 20.4 Å². The summed E-state index contributed by atoms with van der Waals surface area (Å²) >= 11 is 0. The third-order valence-electron chi connectivity index (χ3n) is 3.38. The summed E-state index contributed by atoms with van der Waals surface area (Å²) in [5.74, 6) is 1.25. The quantitative estimate of drug-likeness (QED) is 0.823. The molecule has 19 heavy (non-hydrogen) atoms. The van der Waals surface area contributed by atoms with Gasteiger partial charge in [-0.2, -0.15) is 0 Å². The molecular formula is C15H24N2O2. The number of furan rings is 1. The minimum absolute atomic E-state index is 0.0704. The van der Waals surface area contributed by atoms with Crippen molar-refractivity contribution in [1.82, 2.24) is 10.2 Å². The van der Waals surface area contributed by atoms with Crippen LogP contribution in [0.1, 0.15) is 41.3 Å². The fourth-order valence-electron chi connectivity index (χ4n) is 2.16. The Morgan fingerprint density at radius 2 is 2.00 bits per heavy atom. The van der Waals surface area contributed by atoms with E-state index in [-0.39, 0.29) is 5.91 Å². The Bertz CT molecular complexity index is 445. The van der Waals surface area contributed by atoms with Crippen LogP contribution < -0.4 is 5.32 Å². The second-order valence-corrected chi connectivity index (χ2v) is 4.51. The van der Waals surface area contributed by atoms with Crippen molar-refractivity contribution in [2.75, 3.05) is 26.2 Å². The first-order chi connectivity index (χ1) is 9.04. The number of rotatable bonds is 7. The fourth-order valence-corrected chi connectivity index (χ4v) is 2.16. The van der Waals surface area contributed by atoms with E-state index >= 15 is 0 Å². The van der Waals surface area contributed by atoms with Gasteiger partial charge < -0.3 is 14.6 Å². The molecule has 4 nitrogen and oxygen atoms in total. The van der Waals surface area contributed by atoms with Crippen molar-refractivity contribution in [3.05, 3.63) is 29.2 Å². The number of nitrogens with zero attached hydrogens (tertiary/aromatic N) is 1. The highest BCUT2D eigenvalue weighted by Gasteiger charge is 2.18. The Morgan fingerprint density at radius 3 is 2.47 bits per heavy atom. The molecule has 0 bridgehead atoms. The molecule has 0 aliphatic carbocycles. The minimum atomic E-state index is -0.0704. The van der Waals surface area contributed by atoms with Crippen LogP contribution in [0.15, 0.2) is 11.0 Å². The van der Waals surface area contributed by atoms with E-state index in [0.717, 1.165) is 25.2 Å². The highest BCUT2D eigenvalue weighted by Crippen LogP contribution is 2.22. The molecule has 1 rings (SSSR count). The van der Waals surface area contributed by atoms with Gasteiger partial charge in [0.2, 0.25) is 0 Å². The molecule has 0 aliphatic heterocycles. The summed E-state index contributed by atoms with van der Waals surface area (Å²) < 4.78 is 5.50. The normalized spacial score (nSPS) is 10.8. The molecule has 0 spiro atoms. The van der Waals surface area contributed by atoms with E-state index in [1.165, 1.54) is 0 Å². The lowest BCUT2D eigenvalue weighted by atomic mass is 10.1. The first kappa shape index (κ1) is 15.5. The molecule has 1 aromatic rings. The highest BCUT2D eigenvalue weighted by molar-refractivity contribution is 5.97. The van der Waals surface area contributed by atoms with Gasteiger partial charge in [0.1, 0.15) is 11.5 Å². The van der Waals surface area contributed by atoms with Gasteiger partial charge >= 0.3 is 0 Å². The maximum atomic E-state index is 12.1. The molecule has 1 amide bonds. The van der Waals surface area contributed by atoms with E-state index in [2.05, 4.69) is 30.6 Å². The largest absolute Gasteiger partial charge is 0.461 e. The highest BCUT2D eigenvalue weighted by atomic mass is 16.3. The zero-order chi connectivity index (χ0) is 14.4. The van der Waals surface area contributed by atoms with Crippen LogP contribution in [0.3, 0.4) is 0 Å². The molecule has 106 valence electrons. The van der Waals surface area contributed by atoms with E-state index < -0.39 is 0 Å². The number of hydrogen-bond acceptors (Lipinski definition) is 3.